The van der Waals surface area contributed by atoms with Crippen molar-refractivity contribution in [1.82, 2.24) is 9.80 Å². The molecule has 6 heteroatoms. The van der Waals surface area contributed by atoms with Gasteiger partial charge in [-0.25, -0.2) is 0 Å². The monoisotopic (exact) mass is 348 g/mol. The van der Waals surface area contributed by atoms with E-state index < -0.39 is 0 Å². The van der Waals surface area contributed by atoms with Gasteiger partial charge in [0.05, 0.1) is 0 Å². The summed E-state index contributed by atoms with van der Waals surface area (Å²) in [6.45, 7) is 1.66. The molecule has 0 saturated carbocycles. The Labute approximate surface area is 125 Å². The maximum absolute atomic E-state index is 12.4. The zero-order valence-corrected chi connectivity index (χ0v) is 13.9. The minimum atomic E-state index is 0.153. The zero-order chi connectivity index (χ0) is 13.3. The van der Waals surface area contributed by atoms with Crippen molar-refractivity contribution in [2.75, 3.05) is 33.4 Å². The van der Waals surface area contributed by atoms with E-state index in [4.69, 9.17) is 0 Å². The lowest BCUT2D eigenvalue weighted by atomic mass is 10.2. The fourth-order valence-corrected chi connectivity index (χ4v) is 4.72. The SMILES string of the molecule is CS[C@@H]1CN(C(=O)c2sccc2Br)C[C@H]1N(C)C. The van der Waals surface area contributed by atoms with Crippen molar-refractivity contribution in [1.29, 1.82) is 0 Å². The number of carbonyl (C=O) groups is 1. The number of thioether (sulfide) groups is 1. The van der Waals surface area contributed by atoms with Crippen LogP contribution in [0.1, 0.15) is 9.67 Å². The molecular formula is C12H17BrN2OS2. The van der Waals surface area contributed by atoms with E-state index in [1.54, 1.807) is 0 Å². The number of likely N-dealkylation sites (tertiary alicyclic amines) is 1. The van der Waals surface area contributed by atoms with Crippen LogP contribution in [0.4, 0.5) is 0 Å². The fourth-order valence-electron chi connectivity index (χ4n) is 2.24. The lowest BCUT2D eigenvalue weighted by molar-refractivity contribution is 0.0787. The first-order chi connectivity index (χ1) is 8.54. The molecule has 0 unspecified atom stereocenters. The predicted octanol–water partition coefficient (Wildman–Crippen LogP) is 2.63. The van der Waals surface area contributed by atoms with Gasteiger partial charge in [0.2, 0.25) is 0 Å². The average molecular weight is 349 g/mol. The topological polar surface area (TPSA) is 23.6 Å². The Kier molecular flexibility index (Phi) is 4.75. The van der Waals surface area contributed by atoms with Crippen LogP contribution >= 0.6 is 39.0 Å². The van der Waals surface area contributed by atoms with Gasteiger partial charge in [-0.15, -0.1) is 11.3 Å². The number of likely N-dealkylation sites (N-methyl/N-ethyl adjacent to an activating group) is 1. The standard InChI is InChI=1S/C12H17BrN2OS2/c1-14(2)9-6-15(7-10(9)17-3)12(16)11-8(13)4-5-18-11/h4-5,9-10H,6-7H2,1-3H3/t9-,10-/m1/s1. The van der Waals surface area contributed by atoms with Gasteiger partial charge in [-0.2, -0.15) is 11.8 Å². The second-order valence-electron chi connectivity index (χ2n) is 4.61. The molecule has 0 N–H and O–H groups in total. The van der Waals surface area contributed by atoms with Crippen LogP contribution in [0, 0.1) is 0 Å². The molecule has 1 amide bonds. The van der Waals surface area contributed by atoms with Crippen LogP contribution < -0.4 is 0 Å². The molecule has 0 aliphatic carbocycles. The second kappa shape index (κ2) is 5.94. The van der Waals surface area contributed by atoms with Crippen molar-refractivity contribution in [3.05, 3.63) is 20.8 Å². The molecule has 0 bridgehead atoms. The second-order valence-corrected chi connectivity index (χ2v) is 7.46. The molecule has 0 aromatic carbocycles. The summed E-state index contributed by atoms with van der Waals surface area (Å²) in [4.78, 5) is 17.4. The highest BCUT2D eigenvalue weighted by Gasteiger charge is 2.36. The van der Waals surface area contributed by atoms with Gasteiger partial charge in [-0.1, -0.05) is 0 Å². The van der Waals surface area contributed by atoms with Crippen molar-refractivity contribution >= 4 is 44.9 Å². The first kappa shape index (κ1) is 14.4. The molecule has 1 saturated heterocycles. The van der Waals surface area contributed by atoms with Crippen LogP contribution in [0.25, 0.3) is 0 Å². The Morgan fingerprint density at radius 2 is 2.28 bits per heavy atom. The van der Waals surface area contributed by atoms with Gasteiger partial charge in [0, 0.05) is 28.9 Å². The number of amides is 1. The maximum atomic E-state index is 12.4. The number of hydrogen-bond acceptors (Lipinski definition) is 4. The Hall–Kier alpha value is -0.0400. The maximum Gasteiger partial charge on any atom is 0.265 e. The van der Waals surface area contributed by atoms with E-state index in [1.807, 2.05) is 28.1 Å². The quantitative estimate of drug-likeness (QED) is 0.838. The molecule has 3 nitrogen and oxygen atoms in total. The summed E-state index contributed by atoms with van der Waals surface area (Å²) in [7, 11) is 4.17. The zero-order valence-electron chi connectivity index (χ0n) is 10.7. The molecule has 1 aromatic heterocycles. The number of hydrogen-bond donors (Lipinski definition) is 0. The first-order valence-electron chi connectivity index (χ1n) is 5.76. The molecule has 1 aliphatic rings. The molecule has 0 spiro atoms. The minimum Gasteiger partial charge on any atom is -0.335 e. The number of rotatable bonds is 3. The Morgan fingerprint density at radius 1 is 1.56 bits per heavy atom. The molecule has 1 aliphatic heterocycles. The smallest absolute Gasteiger partial charge is 0.265 e. The van der Waals surface area contributed by atoms with Crippen molar-refractivity contribution in [2.45, 2.75) is 11.3 Å². The summed E-state index contributed by atoms with van der Waals surface area (Å²) in [6.07, 6.45) is 2.12. The molecule has 0 radical (unpaired) electrons. The summed E-state index contributed by atoms with van der Waals surface area (Å²) in [6, 6.07) is 2.38. The predicted molar refractivity (Wildman–Crippen MR) is 82.7 cm³/mol. The van der Waals surface area contributed by atoms with E-state index >= 15 is 0 Å². The summed E-state index contributed by atoms with van der Waals surface area (Å²) in [5.41, 5.74) is 0. The summed E-state index contributed by atoms with van der Waals surface area (Å²) < 4.78 is 0.909. The van der Waals surface area contributed by atoms with E-state index in [0.717, 1.165) is 22.4 Å². The average Bonchev–Trinajstić information content (AvgIpc) is 2.93. The van der Waals surface area contributed by atoms with Crippen molar-refractivity contribution < 1.29 is 4.79 Å². The van der Waals surface area contributed by atoms with Crippen LogP contribution in [-0.2, 0) is 0 Å². The molecule has 1 aromatic rings. The van der Waals surface area contributed by atoms with Gasteiger partial charge in [0.25, 0.3) is 5.91 Å². The molecule has 2 rings (SSSR count). The molecule has 100 valence electrons. The van der Waals surface area contributed by atoms with E-state index in [1.165, 1.54) is 11.3 Å². The first-order valence-corrected chi connectivity index (χ1v) is 8.72. The molecule has 2 atom stereocenters. The number of nitrogens with zero attached hydrogens (tertiary/aromatic N) is 2. The Balaban J connectivity index is 2.12. The van der Waals surface area contributed by atoms with Crippen LogP contribution in [0.2, 0.25) is 0 Å². The number of carbonyl (C=O) groups excluding carboxylic acids is 1. The molecule has 2 heterocycles. The minimum absolute atomic E-state index is 0.153. The molecule has 18 heavy (non-hydrogen) atoms. The fraction of sp³-hybridized carbons (Fsp3) is 0.583. The summed E-state index contributed by atoms with van der Waals surface area (Å²) >= 11 is 6.79. The van der Waals surface area contributed by atoms with E-state index in [2.05, 4.69) is 41.2 Å². The van der Waals surface area contributed by atoms with Gasteiger partial charge in [0.1, 0.15) is 4.88 Å². The van der Waals surface area contributed by atoms with Gasteiger partial charge in [-0.05, 0) is 47.7 Å². The molecule has 1 fully saturated rings. The third-order valence-corrected chi connectivity index (χ3v) is 6.20. The highest BCUT2D eigenvalue weighted by Crippen LogP contribution is 2.29. The molecular weight excluding hydrogens is 332 g/mol. The largest absolute Gasteiger partial charge is 0.335 e. The van der Waals surface area contributed by atoms with Gasteiger partial charge >= 0.3 is 0 Å². The van der Waals surface area contributed by atoms with Gasteiger partial charge in [-0.3, -0.25) is 4.79 Å². The van der Waals surface area contributed by atoms with Crippen LogP contribution in [0.3, 0.4) is 0 Å². The normalized spacial score (nSPS) is 23.9. The summed E-state index contributed by atoms with van der Waals surface area (Å²) in [5, 5.41) is 2.45. The third-order valence-electron chi connectivity index (χ3n) is 3.30. The van der Waals surface area contributed by atoms with Gasteiger partial charge < -0.3 is 9.80 Å². The van der Waals surface area contributed by atoms with Crippen LogP contribution in [-0.4, -0.2) is 60.4 Å². The lowest BCUT2D eigenvalue weighted by Gasteiger charge is -2.23. The Morgan fingerprint density at radius 3 is 2.72 bits per heavy atom. The third kappa shape index (κ3) is 2.76. The van der Waals surface area contributed by atoms with E-state index in [9.17, 15) is 4.79 Å². The number of thiophene rings is 1. The van der Waals surface area contributed by atoms with Crippen LogP contribution in [0.15, 0.2) is 15.9 Å². The van der Waals surface area contributed by atoms with E-state index in [0.29, 0.717) is 11.3 Å². The van der Waals surface area contributed by atoms with Crippen molar-refractivity contribution in [3.8, 4) is 0 Å². The summed E-state index contributed by atoms with van der Waals surface area (Å²) in [5.74, 6) is 0.153. The lowest BCUT2D eigenvalue weighted by Crippen LogP contribution is -2.37. The van der Waals surface area contributed by atoms with Crippen molar-refractivity contribution in [2.24, 2.45) is 0 Å². The van der Waals surface area contributed by atoms with Gasteiger partial charge in [0.15, 0.2) is 0 Å². The van der Waals surface area contributed by atoms with Crippen molar-refractivity contribution in [3.63, 3.8) is 0 Å². The highest BCUT2D eigenvalue weighted by atomic mass is 79.9. The van der Waals surface area contributed by atoms with E-state index in [-0.39, 0.29) is 5.91 Å². The highest BCUT2D eigenvalue weighted by molar-refractivity contribution is 9.10. The Bertz CT molecular complexity index is 435. The number of halogens is 1. The van der Waals surface area contributed by atoms with Crippen LogP contribution in [0.5, 0.6) is 0 Å².